The van der Waals surface area contributed by atoms with Crippen LogP contribution in [-0.2, 0) is 0 Å². The monoisotopic (exact) mass is 193 g/mol. The second-order valence-corrected chi connectivity index (χ2v) is 4.00. The summed E-state index contributed by atoms with van der Waals surface area (Å²) in [6, 6.07) is 4.25. The van der Waals surface area contributed by atoms with Gasteiger partial charge in [-0.15, -0.1) is 0 Å². The summed E-state index contributed by atoms with van der Waals surface area (Å²) in [6.45, 7) is 8.18. The van der Waals surface area contributed by atoms with Crippen LogP contribution in [0.25, 0.3) is 0 Å². The molecular weight excluding hydrogens is 174 g/mol. The molecule has 1 aromatic carbocycles. The quantitative estimate of drug-likeness (QED) is 0.429. The predicted octanol–water partition coefficient (Wildman–Crippen LogP) is 1.97. The van der Waals surface area contributed by atoms with E-state index in [0.29, 0.717) is 0 Å². The number of hydrogen-bond donors (Lipinski definition) is 2. The summed E-state index contributed by atoms with van der Waals surface area (Å²) in [4.78, 5) is 0. The Balaban J connectivity index is 3.15. The highest BCUT2D eigenvalue weighted by atomic mass is 15.4. The molecule has 0 radical (unpaired) electrons. The summed E-state index contributed by atoms with van der Waals surface area (Å²) >= 11 is 0. The van der Waals surface area contributed by atoms with Gasteiger partial charge in [0.25, 0.3) is 0 Å². The molecule has 0 bridgehead atoms. The van der Waals surface area contributed by atoms with Crippen molar-refractivity contribution in [1.29, 1.82) is 0 Å². The third-order valence-electron chi connectivity index (χ3n) is 2.48. The first-order valence-electron chi connectivity index (χ1n) is 4.84. The largest absolute Gasteiger partial charge is 0.397 e. The van der Waals surface area contributed by atoms with Crippen molar-refractivity contribution >= 4 is 11.4 Å². The molecule has 0 aliphatic heterocycles. The molecule has 0 atom stereocenters. The lowest BCUT2D eigenvalue weighted by Crippen LogP contribution is -2.38. The van der Waals surface area contributed by atoms with E-state index in [2.05, 4.69) is 6.92 Å². The van der Waals surface area contributed by atoms with Crippen LogP contribution in [0.4, 0.5) is 11.4 Å². The first-order valence-corrected chi connectivity index (χ1v) is 4.84. The first-order chi connectivity index (χ1) is 6.43. The second kappa shape index (κ2) is 3.88. The molecule has 0 saturated heterocycles. The maximum Gasteiger partial charge on any atom is 0.0752 e. The fourth-order valence-electron chi connectivity index (χ4n) is 1.33. The van der Waals surface area contributed by atoms with Crippen molar-refractivity contribution in [3.05, 3.63) is 23.3 Å². The highest BCUT2D eigenvalue weighted by Crippen LogP contribution is 2.26. The standard InChI is InChI=1S/C11H19N3/c1-7(2)14(13)11-6-9(4)8(3)5-10(11)12/h5-7H,12-13H2,1-4H3. The van der Waals surface area contributed by atoms with E-state index >= 15 is 0 Å². The molecule has 0 fully saturated rings. The Hall–Kier alpha value is -1.22. The lowest BCUT2D eigenvalue weighted by Gasteiger charge is -2.25. The van der Waals surface area contributed by atoms with Crippen LogP contribution >= 0.6 is 0 Å². The van der Waals surface area contributed by atoms with Crippen LogP contribution < -0.4 is 16.6 Å². The number of nitrogens with two attached hydrogens (primary N) is 2. The highest BCUT2D eigenvalue weighted by Gasteiger charge is 2.10. The fraction of sp³-hybridized carbons (Fsp3) is 0.455. The molecule has 0 amide bonds. The minimum absolute atomic E-state index is 0.249. The van der Waals surface area contributed by atoms with Crippen molar-refractivity contribution in [2.45, 2.75) is 33.7 Å². The van der Waals surface area contributed by atoms with Gasteiger partial charge >= 0.3 is 0 Å². The van der Waals surface area contributed by atoms with Gasteiger partial charge in [-0.2, -0.15) is 0 Å². The van der Waals surface area contributed by atoms with Crippen molar-refractivity contribution in [2.75, 3.05) is 10.7 Å². The Morgan fingerprint density at radius 3 is 2.14 bits per heavy atom. The number of nitrogen functional groups attached to an aromatic ring is 1. The SMILES string of the molecule is Cc1cc(N)c(N(N)C(C)C)cc1C. The summed E-state index contributed by atoms with van der Waals surface area (Å²) in [5, 5.41) is 1.70. The third kappa shape index (κ3) is 1.99. The Morgan fingerprint density at radius 1 is 1.14 bits per heavy atom. The molecule has 14 heavy (non-hydrogen) atoms. The van der Waals surface area contributed by atoms with E-state index in [9.17, 15) is 0 Å². The van der Waals surface area contributed by atoms with Crippen molar-refractivity contribution < 1.29 is 0 Å². The first kappa shape index (κ1) is 10.9. The predicted molar refractivity (Wildman–Crippen MR) is 62.1 cm³/mol. The number of anilines is 2. The molecule has 0 spiro atoms. The van der Waals surface area contributed by atoms with Gasteiger partial charge < -0.3 is 10.7 Å². The van der Waals surface area contributed by atoms with Crippen molar-refractivity contribution in [3.63, 3.8) is 0 Å². The molecule has 0 aromatic heterocycles. The zero-order valence-electron chi connectivity index (χ0n) is 9.33. The molecule has 3 nitrogen and oxygen atoms in total. The maximum absolute atomic E-state index is 5.91. The number of nitrogens with zero attached hydrogens (tertiary/aromatic N) is 1. The van der Waals surface area contributed by atoms with Gasteiger partial charge in [0.05, 0.1) is 11.4 Å². The van der Waals surface area contributed by atoms with Crippen LogP contribution in [0.2, 0.25) is 0 Å². The Labute approximate surface area is 85.7 Å². The van der Waals surface area contributed by atoms with Gasteiger partial charge in [0.1, 0.15) is 0 Å². The van der Waals surface area contributed by atoms with Crippen LogP contribution in [0.3, 0.4) is 0 Å². The maximum atomic E-state index is 5.91. The van der Waals surface area contributed by atoms with Gasteiger partial charge in [0.15, 0.2) is 0 Å². The van der Waals surface area contributed by atoms with E-state index in [1.54, 1.807) is 5.01 Å². The Morgan fingerprint density at radius 2 is 1.64 bits per heavy atom. The number of hydrazine groups is 1. The molecule has 4 N–H and O–H groups in total. The average Bonchev–Trinajstić information content (AvgIpc) is 2.10. The van der Waals surface area contributed by atoms with Crippen LogP contribution in [0.1, 0.15) is 25.0 Å². The van der Waals surface area contributed by atoms with E-state index in [4.69, 9.17) is 11.6 Å². The zero-order valence-corrected chi connectivity index (χ0v) is 9.33. The lowest BCUT2D eigenvalue weighted by atomic mass is 10.1. The van der Waals surface area contributed by atoms with Gasteiger partial charge in [-0.1, -0.05) is 0 Å². The van der Waals surface area contributed by atoms with Gasteiger partial charge in [0.2, 0.25) is 0 Å². The molecule has 0 aliphatic rings. The molecule has 78 valence electrons. The number of benzene rings is 1. The van der Waals surface area contributed by atoms with Crippen molar-refractivity contribution in [3.8, 4) is 0 Å². The third-order valence-corrected chi connectivity index (χ3v) is 2.48. The number of aryl methyl sites for hydroxylation is 2. The molecule has 1 rings (SSSR count). The summed E-state index contributed by atoms with van der Waals surface area (Å²) in [7, 11) is 0. The van der Waals surface area contributed by atoms with E-state index in [1.165, 1.54) is 11.1 Å². The minimum atomic E-state index is 0.249. The van der Waals surface area contributed by atoms with E-state index in [0.717, 1.165) is 11.4 Å². The van der Waals surface area contributed by atoms with Gasteiger partial charge in [-0.25, -0.2) is 5.84 Å². The van der Waals surface area contributed by atoms with Crippen LogP contribution in [0.15, 0.2) is 12.1 Å². The van der Waals surface area contributed by atoms with Crippen LogP contribution in [0, 0.1) is 13.8 Å². The molecule has 0 unspecified atom stereocenters. The summed E-state index contributed by atoms with van der Waals surface area (Å²) in [6.07, 6.45) is 0. The van der Waals surface area contributed by atoms with Crippen molar-refractivity contribution in [1.82, 2.24) is 0 Å². The molecule has 0 heterocycles. The Kier molecular flexibility index (Phi) is 3.01. The fourth-order valence-corrected chi connectivity index (χ4v) is 1.33. The van der Waals surface area contributed by atoms with E-state index < -0.39 is 0 Å². The lowest BCUT2D eigenvalue weighted by molar-refractivity contribution is 0.712. The smallest absolute Gasteiger partial charge is 0.0752 e. The summed E-state index contributed by atoms with van der Waals surface area (Å²) in [5.74, 6) is 5.91. The van der Waals surface area contributed by atoms with E-state index in [-0.39, 0.29) is 6.04 Å². The van der Waals surface area contributed by atoms with Gasteiger partial charge in [-0.05, 0) is 51.0 Å². The zero-order chi connectivity index (χ0) is 10.9. The molecule has 0 aliphatic carbocycles. The summed E-state index contributed by atoms with van der Waals surface area (Å²) < 4.78 is 0. The molecule has 3 heteroatoms. The molecule has 0 saturated carbocycles. The number of rotatable bonds is 2. The van der Waals surface area contributed by atoms with Gasteiger partial charge in [-0.3, -0.25) is 0 Å². The topological polar surface area (TPSA) is 55.3 Å². The molecular formula is C11H19N3. The van der Waals surface area contributed by atoms with Crippen LogP contribution in [0.5, 0.6) is 0 Å². The van der Waals surface area contributed by atoms with Crippen molar-refractivity contribution in [2.24, 2.45) is 5.84 Å². The normalized spacial score (nSPS) is 10.7. The highest BCUT2D eigenvalue weighted by molar-refractivity contribution is 5.69. The average molecular weight is 193 g/mol. The second-order valence-electron chi connectivity index (χ2n) is 4.00. The number of hydrogen-bond acceptors (Lipinski definition) is 3. The van der Waals surface area contributed by atoms with Gasteiger partial charge in [0, 0.05) is 6.04 Å². The summed E-state index contributed by atoms with van der Waals surface area (Å²) in [5.41, 5.74) is 9.96. The van der Waals surface area contributed by atoms with Crippen LogP contribution in [-0.4, -0.2) is 6.04 Å². The molecule has 1 aromatic rings. The Bertz CT molecular complexity index is 332. The van der Waals surface area contributed by atoms with E-state index in [1.807, 2.05) is 32.9 Å². The minimum Gasteiger partial charge on any atom is -0.397 e.